The molecule has 0 N–H and O–H groups in total. The molecule has 0 aliphatic heterocycles. The summed E-state index contributed by atoms with van der Waals surface area (Å²) in [7, 11) is 0. The van der Waals surface area contributed by atoms with Gasteiger partial charge in [0.1, 0.15) is 0 Å². The Morgan fingerprint density at radius 1 is 0.529 bits per heavy atom. The van der Waals surface area contributed by atoms with E-state index in [1.54, 1.807) is 0 Å². The average Bonchev–Trinajstić information content (AvgIpc) is 3.75. The van der Waals surface area contributed by atoms with Crippen molar-refractivity contribution in [2.45, 2.75) is 84.4 Å². The van der Waals surface area contributed by atoms with Crippen molar-refractivity contribution in [3.8, 4) is 22.3 Å². The molecular formula is C49H58HfSi. The molecule has 51 heavy (non-hydrogen) atoms. The van der Waals surface area contributed by atoms with Crippen molar-refractivity contribution in [2.24, 2.45) is 0 Å². The van der Waals surface area contributed by atoms with Crippen molar-refractivity contribution in [3.05, 3.63) is 166 Å². The molecule has 2 heteroatoms. The Kier molecular flexibility index (Phi) is 7.84. The Labute approximate surface area is 304 Å². The Bertz CT molecular complexity index is 2230. The van der Waals surface area contributed by atoms with Crippen LogP contribution in [0.15, 0.2) is 127 Å². The summed E-state index contributed by atoms with van der Waals surface area (Å²) in [6, 6.07) is 44.0. The molecule has 2 aliphatic rings. The predicted molar refractivity (Wildman–Crippen MR) is 226 cm³/mol. The zero-order valence-electron chi connectivity index (χ0n) is 32.6. The number of aryl methyl sites for hydroxylation is 1. The molecule has 0 bridgehead atoms. The van der Waals surface area contributed by atoms with Crippen LogP contribution in [0.2, 0.25) is 18.2 Å². The summed E-state index contributed by atoms with van der Waals surface area (Å²) in [5, 5.41) is 0. The monoisotopic (exact) mass is 854 g/mol. The van der Waals surface area contributed by atoms with Gasteiger partial charge in [0.05, 0.1) is 0 Å². The van der Waals surface area contributed by atoms with Crippen molar-refractivity contribution < 1.29 is 14.2 Å². The fraction of sp³-hybridized carbons (Fsp3) is 0.306. The molecule has 2 unspecified atom stereocenters. The molecule has 0 spiro atoms. The zero-order valence-corrected chi connectivity index (χ0v) is 37.6. The molecule has 0 saturated carbocycles. The first-order chi connectivity index (χ1) is 23.7. The number of benzene rings is 5. The summed E-state index contributed by atoms with van der Waals surface area (Å²) in [5.74, 6) is 0. The third-order valence-electron chi connectivity index (χ3n) is 13.5. The maximum absolute atomic E-state index is 5.18. The molecule has 262 valence electrons. The van der Waals surface area contributed by atoms with Gasteiger partial charge in [-0.2, -0.15) is 0 Å². The van der Waals surface area contributed by atoms with E-state index >= 15 is 0 Å². The summed E-state index contributed by atoms with van der Waals surface area (Å²) in [4.78, 5) is 0. The van der Waals surface area contributed by atoms with Gasteiger partial charge in [-0.05, 0) is 0 Å². The normalized spacial score (nSPS) is 19.1. The van der Waals surface area contributed by atoms with Crippen LogP contribution in [-0.4, -0.2) is 6.94 Å². The van der Waals surface area contributed by atoms with Crippen LogP contribution in [0.5, 0.6) is 0 Å². The van der Waals surface area contributed by atoms with Crippen molar-refractivity contribution in [1.29, 1.82) is 0 Å². The van der Waals surface area contributed by atoms with Gasteiger partial charge in [0.2, 0.25) is 0 Å². The SMILES string of the molecule is CC(C)(C)c1cccc(-c2cccc3c2C=C[CH]3[Hf]([CH3])([CH3])([CH3])(=[SiH2])([CH2]Cc2ccccc2)[CH]2C=Cc3c(-c4cccc(C(C)(C)C)c4)cccc32)c1. The van der Waals surface area contributed by atoms with E-state index in [9.17, 15) is 0 Å². The summed E-state index contributed by atoms with van der Waals surface area (Å²) >= 11 is -5.18. The third-order valence-corrected chi connectivity index (χ3v) is 59.2. The molecule has 7 rings (SSSR count). The standard InChI is InChI=1S/2C19H19.C8H9.3CH3.Hf.H2Si/c2*1-19(2,3)16-10-4-9-15(13-16)18-12-6-8-14-7-5-11-17(14)18;1-2-8-6-4-3-5-7-8;;;;;/h2*4-13H,1-3H3;3-7H,1-2H2;3*1H3;;1H2. The third kappa shape index (κ3) is 6.09. The summed E-state index contributed by atoms with van der Waals surface area (Å²) in [5.41, 5.74) is 15.6. The average molecular weight is 854 g/mol. The second-order valence-corrected chi connectivity index (χ2v) is 103. The van der Waals surface area contributed by atoms with E-state index in [1.807, 2.05) is 0 Å². The summed E-state index contributed by atoms with van der Waals surface area (Å²) in [6.45, 7) is 16.4. The Morgan fingerprint density at radius 3 is 1.39 bits per heavy atom. The van der Waals surface area contributed by atoms with Crippen molar-refractivity contribution >= 4 is 19.1 Å². The van der Waals surface area contributed by atoms with Gasteiger partial charge >= 0.3 is 306 Å². The van der Waals surface area contributed by atoms with Crippen LogP contribution in [0.3, 0.4) is 0 Å². The van der Waals surface area contributed by atoms with E-state index < -0.39 is 14.2 Å². The molecule has 2 atom stereocenters. The second kappa shape index (κ2) is 11.1. The van der Waals surface area contributed by atoms with Gasteiger partial charge in [0.25, 0.3) is 0 Å². The Hall–Kier alpha value is -3.33. The van der Waals surface area contributed by atoms with E-state index in [2.05, 4.69) is 202 Å². The fourth-order valence-corrected chi connectivity index (χ4v) is 46.8. The minimum atomic E-state index is -5.18. The molecule has 0 fully saturated rings. The molecule has 2 aliphatic carbocycles. The quantitative estimate of drug-likeness (QED) is 0.143. The summed E-state index contributed by atoms with van der Waals surface area (Å²) < 4.78 is 10.4. The van der Waals surface area contributed by atoms with Gasteiger partial charge in [-0.15, -0.1) is 0 Å². The first kappa shape index (κ1) is 36.0. The van der Waals surface area contributed by atoms with Crippen LogP contribution in [0.4, 0.5) is 0 Å². The molecule has 0 saturated heterocycles. The first-order valence-electron chi connectivity index (χ1n) is 19.2. The van der Waals surface area contributed by atoms with Gasteiger partial charge in [-0.3, -0.25) is 0 Å². The van der Waals surface area contributed by atoms with Crippen molar-refractivity contribution in [3.63, 3.8) is 0 Å². The van der Waals surface area contributed by atoms with Crippen molar-refractivity contribution in [1.82, 2.24) is 0 Å². The van der Waals surface area contributed by atoms with Crippen molar-refractivity contribution in [2.75, 3.05) is 0 Å². The molecule has 0 aromatic heterocycles. The Morgan fingerprint density at radius 2 is 0.961 bits per heavy atom. The predicted octanol–water partition coefficient (Wildman–Crippen LogP) is 13.6. The fourth-order valence-electron chi connectivity index (χ4n) is 9.90. The molecule has 0 nitrogen and oxygen atoms in total. The minimum absolute atomic E-state index is 0.100. The second-order valence-electron chi connectivity index (χ2n) is 21.5. The molecule has 0 heterocycles. The number of allylic oxidation sites excluding steroid dienone is 2. The van der Waals surface area contributed by atoms with Gasteiger partial charge in [-0.1, -0.05) is 0 Å². The van der Waals surface area contributed by atoms with Gasteiger partial charge in [0.15, 0.2) is 0 Å². The molecule has 5 aromatic carbocycles. The summed E-state index contributed by atoms with van der Waals surface area (Å²) in [6.07, 6.45) is 11.4. The first-order valence-corrected chi connectivity index (χ1v) is 45.0. The van der Waals surface area contributed by atoms with Crippen LogP contribution in [0.1, 0.15) is 87.8 Å². The van der Waals surface area contributed by atoms with Gasteiger partial charge in [0, 0.05) is 0 Å². The van der Waals surface area contributed by atoms with Gasteiger partial charge in [-0.25, -0.2) is 0 Å². The maximum atomic E-state index is 2.83. The Balaban J connectivity index is 1.42. The topological polar surface area (TPSA) is 0 Å². The number of fused-ring (bicyclic) bond motifs is 2. The molecule has 0 radical (unpaired) electrons. The zero-order chi connectivity index (χ0) is 36.6. The molecular weight excluding hydrogens is 795 g/mol. The van der Waals surface area contributed by atoms with E-state index in [-0.39, 0.29) is 10.8 Å². The van der Waals surface area contributed by atoms with Crippen LogP contribution in [0.25, 0.3) is 34.4 Å². The molecule has 5 aromatic rings. The number of hydrogen-bond acceptors (Lipinski definition) is 0. The number of hydrogen-bond donors (Lipinski definition) is 0. The van der Waals surface area contributed by atoms with E-state index in [1.165, 1.54) is 65.4 Å². The van der Waals surface area contributed by atoms with Crippen LogP contribution >= 0.6 is 0 Å². The van der Waals surface area contributed by atoms with E-state index in [4.69, 9.17) is 0 Å². The van der Waals surface area contributed by atoms with Gasteiger partial charge < -0.3 is 0 Å². The van der Waals surface area contributed by atoms with Crippen LogP contribution in [0, 0.1) is 0 Å². The van der Waals surface area contributed by atoms with Crippen LogP contribution in [-0.2, 0) is 31.4 Å². The van der Waals surface area contributed by atoms with E-state index in [0.717, 1.165) is 6.42 Å². The number of rotatable bonds is 7. The van der Waals surface area contributed by atoms with Crippen LogP contribution < -0.4 is 0 Å². The van der Waals surface area contributed by atoms with E-state index in [0.29, 0.717) is 7.35 Å². The molecule has 0 amide bonds.